The molecule has 23 heavy (non-hydrogen) atoms. The van der Waals surface area contributed by atoms with E-state index in [1.54, 1.807) is 0 Å². The van der Waals surface area contributed by atoms with Crippen LogP contribution in [0.1, 0.15) is 37.9 Å². The van der Waals surface area contributed by atoms with Crippen LogP contribution < -0.4 is 0 Å². The first-order chi connectivity index (χ1) is 10.6. The van der Waals surface area contributed by atoms with Crippen LogP contribution in [0.15, 0.2) is 48.7 Å². The second-order valence-electron chi connectivity index (χ2n) is 7.59. The third kappa shape index (κ3) is 3.55. The lowest BCUT2D eigenvalue weighted by Gasteiger charge is -2.40. The fourth-order valence-corrected chi connectivity index (χ4v) is 4.81. The summed E-state index contributed by atoms with van der Waals surface area (Å²) in [5.41, 5.74) is 2.06. The summed E-state index contributed by atoms with van der Waals surface area (Å²) in [6.45, 7) is 11.3. The van der Waals surface area contributed by atoms with Crippen LogP contribution in [0.3, 0.4) is 0 Å². The highest BCUT2D eigenvalue weighted by atomic mass is 28.3. The predicted octanol–water partition coefficient (Wildman–Crippen LogP) is 4.75. The van der Waals surface area contributed by atoms with Crippen molar-refractivity contribution in [2.24, 2.45) is 0 Å². The van der Waals surface area contributed by atoms with E-state index in [9.17, 15) is 10.1 Å². The van der Waals surface area contributed by atoms with E-state index < -0.39 is 8.24 Å². The lowest BCUT2D eigenvalue weighted by Crippen LogP contribution is -2.46. The van der Waals surface area contributed by atoms with Gasteiger partial charge in [-0.15, -0.1) is 0 Å². The molecule has 0 amide bonds. The first kappa shape index (κ1) is 17.5. The maximum Gasteiger partial charge on any atom is 0.216 e. The molecule has 1 heterocycles. The summed E-state index contributed by atoms with van der Waals surface area (Å²) in [4.78, 5) is 11.0. The SMILES string of the molecule is CC(C)(C)[Si](C)(C)n1cccc1C(C[N+](=O)[O-])c1ccccc1. The van der Waals surface area contributed by atoms with Crippen LogP contribution in [0.4, 0.5) is 0 Å². The molecule has 2 aromatic rings. The number of benzene rings is 1. The van der Waals surface area contributed by atoms with Crippen LogP contribution in [-0.4, -0.2) is 23.9 Å². The monoisotopic (exact) mass is 330 g/mol. The first-order valence-corrected chi connectivity index (χ1v) is 10.9. The predicted molar refractivity (Wildman–Crippen MR) is 97.2 cm³/mol. The quantitative estimate of drug-likeness (QED) is 0.451. The number of hydrogen-bond acceptors (Lipinski definition) is 2. The lowest BCUT2D eigenvalue weighted by atomic mass is 9.96. The molecule has 0 saturated carbocycles. The van der Waals surface area contributed by atoms with E-state index in [0.717, 1.165) is 11.3 Å². The van der Waals surface area contributed by atoms with Gasteiger partial charge in [0.25, 0.3) is 0 Å². The van der Waals surface area contributed by atoms with Gasteiger partial charge in [0, 0.05) is 10.6 Å². The van der Waals surface area contributed by atoms with Gasteiger partial charge in [-0.3, -0.25) is 10.1 Å². The maximum absolute atomic E-state index is 11.2. The van der Waals surface area contributed by atoms with E-state index in [1.165, 1.54) is 0 Å². The number of aromatic nitrogens is 1. The summed E-state index contributed by atoms with van der Waals surface area (Å²) < 4.78 is 2.34. The zero-order valence-corrected chi connectivity index (χ0v) is 15.6. The van der Waals surface area contributed by atoms with Gasteiger partial charge in [0.15, 0.2) is 8.24 Å². The number of nitrogens with zero attached hydrogens (tertiary/aromatic N) is 2. The Morgan fingerprint density at radius 3 is 2.26 bits per heavy atom. The molecule has 1 aromatic heterocycles. The molecule has 124 valence electrons. The van der Waals surface area contributed by atoms with Crippen molar-refractivity contribution in [2.75, 3.05) is 6.54 Å². The van der Waals surface area contributed by atoms with Gasteiger partial charge in [-0.2, -0.15) is 0 Å². The fraction of sp³-hybridized carbons (Fsp3) is 0.444. The molecule has 0 fully saturated rings. The summed E-state index contributed by atoms with van der Waals surface area (Å²) in [5, 5.41) is 11.4. The van der Waals surface area contributed by atoms with E-state index in [2.05, 4.69) is 44.3 Å². The Kier molecular flexibility index (Phi) is 4.80. The topological polar surface area (TPSA) is 48.1 Å². The molecule has 1 unspecified atom stereocenters. The van der Waals surface area contributed by atoms with Gasteiger partial charge >= 0.3 is 0 Å². The fourth-order valence-electron chi connectivity index (χ4n) is 2.75. The Bertz CT molecular complexity index is 672. The van der Waals surface area contributed by atoms with Gasteiger partial charge in [0.1, 0.15) is 0 Å². The second kappa shape index (κ2) is 6.32. The molecule has 0 bridgehead atoms. The van der Waals surface area contributed by atoms with Gasteiger partial charge < -0.3 is 4.23 Å². The smallest absolute Gasteiger partial charge is 0.216 e. The van der Waals surface area contributed by atoms with Crippen molar-refractivity contribution >= 4 is 8.24 Å². The Morgan fingerprint density at radius 1 is 1.13 bits per heavy atom. The number of nitro groups is 1. The molecule has 0 spiro atoms. The lowest BCUT2D eigenvalue weighted by molar-refractivity contribution is -0.482. The van der Waals surface area contributed by atoms with Gasteiger partial charge in [-0.05, 0) is 28.9 Å². The van der Waals surface area contributed by atoms with Crippen molar-refractivity contribution < 1.29 is 4.92 Å². The normalized spacial score (nSPS) is 13.8. The zero-order chi connectivity index (χ0) is 17.3. The minimum absolute atomic E-state index is 0.0807. The molecular formula is C18H26N2O2Si. The Balaban J connectivity index is 2.54. The molecule has 1 aromatic carbocycles. The average molecular weight is 331 g/mol. The van der Waals surface area contributed by atoms with Crippen LogP contribution in [0.25, 0.3) is 0 Å². The summed E-state index contributed by atoms with van der Waals surface area (Å²) in [6, 6.07) is 13.9. The third-order valence-corrected chi connectivity index (χ3v) is 10.4. The zero-order valence-electron chi connectivity index (χ0n) is 14.6. The highest BCUT2D eigenvalue weighted by Crippen LogP contribution is 2.39. The Hall–Kier alpha value is -1.88. The molecule has 0 aliphatic heterocycles. The molecule has 0 aliphatic carbocycles. The minimum atomic E-state index is -1.83. The van der Waals surface area contributed by atoms with Crippen LogP contribution in [0.2, 0.25) is 18.1 Å². The third-order valence-electron chi connectivity index (χ3n) is 5.11. The molecule has 0 N–H and O–H groups in total. The first-order valence-electron chi connectivity index (χ1n) is 7.99. The van der Waals surface area contributed by atoms with Crippen molar-refractivity contribution in [3.8, 4) is 0 Å². The van der Waals surface area contributed by atoms with Gasteiger partial charge in [-0.25, -0.2) is 0 Å². The highest BCUT2D eigenvalue weighted by Gasteiger charge is 2.39. The van der Waals surface area contributed by atoms with Gasteiger partial charge in [0.2, 0.25) is 6.54 Å². The summed E-state index contributed by atoms with van der Waals surface area (Å²) >= 11 is 0. The van der Waals surface area contributed by atoms with Crippen molar-refractivity contribution in [3.63, 3.8) is 0 Å². The number of hydrogen-bond donors (Lipinski definition) is 0. The van der Waals surface area contributed by atoms with E-state index in [4.69, 9.17) is 0 Å². The van der Waals surface area contributed by atoms with E-state index >= 15 is 0 Å². The maximum atomic E-state index is 11.2. The van der Waals surface area contributed by atoms with Crippen LogP contribution in [-0.2, 0) is 0 Å². The van der Waals surface area contributed by atoms with Crippen molar-refractivity contribution in [2.45, 2.75) is 44.8 Å². The standard InChI is InChI=1S/C18H26N2O2Si/c1-18(2,3)23(4,5)19-13-9-12-17(19)16(14-20(21)22)15-10-7-6-8-11-15/h6-13,16H,14H2,1-5H3. The van der Waals surface area contributed by atoms with E-state index in [1.807, 2.05) is 42.5 Å². The minimum Gasteiger partial charge on any atom is -0.377 e. The molecule has 1 atom stereocenters. The highest BCUT2D eigenvalue weighted by molar-refractivity contribution is 6.78. The molecule has 0 aliphatic rings. The molecule has 2 rings (SSSR count). The van der Waals surface area contributed by atoms with Crippen LogP contribution in [0.5, 0.6) is 0 Å². The molecule has 4 nitrogen and oxygen atoms in total. The second-order valence-corrected chi connectivity index (χ2v) is 12.7. The molecule has 0 saturated heterocycles. The molecular weight excluding hydrogens is 304 g/mol. The average Bonchev–Trinajstić information content (AvgIpc) is 2.94. The van der Waals surface area contributed by atoms with E-state index in [0.29, 0.717) is 0 Å². The Morgan fingerprint density at radius 2 is 1.74 bits per heavy atom. The summed E-state index contributed by atoms with van der Waals surface area (Å²) in [6.07, 6.45) is 2.10. The summed E-state index contributed by atoms with van der Waals surface area (Å²) in [7, 11) is -1.83. The van der Waals surface area contributed by atoms with E-state index in [-0.39, 0.29) is 22.4 Å². The van der Waals surface area contributed by atoms with Crippen molar-refractivity contribution in [1.29, 1.82) is 0 Å². The molecule has 0 radical (unpaired) electrons. The Labute approximate surface area is 139 Å². The van der Waals surface area contributed by atoms with Crippen molar-refractivity contribution in [3.05, 3.63) is 70.0 Å². The molecule has 5 heteroatoms. The van der Waals surface area contributed by atoms with Gasteiger partial charge in [-0.1, -0.05) is 64.2 Å². The summed E-state index contributed by atoms with van der Waals surface area (Å²) in [5.74, 6) is -0.213. The van der Waals surface area contributed by atoms with Gasteiger partial charge in [0.05, 0.1) is 5.92 Å². The van der Waals surface area contributed by atoms with Crippen LogP contribution in [0, 0.1) is 10.1 Å². The number of rotatable bonds is 5. The van der Waals surface area contributed by atoms with Crippen molar-refractivity contribution in [1.82, 2.24) is 4.23 Å². The van der Waals surface area contributed by atoms with Crippen LogP contribution >= 0.6 is 0 Å². The largest absolute Gasteiger partial charge is 0.377 e.